The first kappa shape index (κ1) is 9.29. The zero-order valence-electron chi connectivity index (χ0n) is 7.34. The van der Waals surface area contributed by atoms with E-state index < -0.39 is 0 Å². The summed E-state index contributed by atoms with van der Waals surface area (Å²) in [5.41, 5.74) is 1.17. The third kappa shape index (κ3) is 2.68. The highest BCUT2D eigenvalue weighted by Gasteiger charge is 1.99. The van der Waals surface area contributed by atoms with Gasteiger partial charge in [-0.2, -0.15) is 0 Å². The lowest BCUT2D eigenvalue weighted by Crippen LogP contribution is -2.15. The highest BCUT2D eigenvalue weighted by atomic mass is 16.3. The van der Waals surface area contributed by atoms with E-state index in [2.05, 4.69) is 5.32 Å². The van der Waals surface area contributed by atoms with Crippen molar-refractivity contribution < 1.29 is 9.52 Å². The molecule has 0 bridgehead atoms. The van der Waals surface area contributed by atoms with Crippen LogP contribution in [0.25, 0.3) is 0 Å². The molecule has 0 radical (unpaired) electrons. The van der Waals surface area contributed by atoms with Crippen LogP contribution in [0.5, 0.6) is 0 Å². The summed E-state index contributed by atoms with van der Waals surface area (Å²) < 4.78 is 5.22. The number of aliphatic hydroxyl groups is 1. The second-order valence-electron chi connectivity index (χ2n) is 2.78. The van der Waals surface area contributed by atoms with Gasteiger partial charge in [-0.3, -0.25) is 0 Å². The van der Waals surface area contributed by atoms with Gasteiger partial charge in [-0.15, -0.1) is 0 Å². The molecule has 0 atom stereocenters. The molecular weight excluding hydrogens is 154 g/mol. The fourth-order valence-corrected chi connectivity index (χ4v) is 0.991. The molecule has 1 aromatic rings. The molecule has 2 N–H and O–H groups in total. The molecule has 0 unspecified atom stereocenters. The van der Waals surface area contributed by atoms with Gasteiger partial charge in [0.1, 0.15) is 5.76 Å². The summed E-state index contributed by atoms with van der Waals surface area (Å²) in [6.07, 6.45) is 2.48. The Morgan fingerprint density at radius 2 is 2.42 bits per heavy atom. The average Bonchev–Trinajstić information content (AvgIpc) is 2.46. The molecule has 0 spiro atoms. The van der Waals surface area contributed by atoms with Crippen LogP contribution in [0.3, 0.4) is 0 Å². The van der Waals surface area contributed by atoms with Crippen molar-refractivity contribution in [3.8, 4) is 0 Å². The number of aliphatic hydroxyl groups excluding tert-OH is 1. The summed E-state index contributed by atoms with van der Waals surface area (Å²) in [4.78, 5) is 0. The maximum absolute atomic E-state index is 8.51. The van der Waals surface area contributed by atoms with Crippen LogP contribution in [0.2, 0.25) is 0 Å². The van der Waals surface area contributed by atoms with E-state index >= 15 is 0 Å². The van der Waals surface area contributed by atoms with Gasteiger partial charge in [-0.25, -0.2) is 0 Å². The minimum Gasteiger partial charge on any atom is -0.468 e. The molecule has 0 aliphatic carbocycles. The lowest BCUT2D eigenvalue weighted by Gasteiger charge is -2.00. The van der Waals surface area contributed by atoms with Crippen LogP contribution in [0.1, 0.15) is 17.7 Å². The van der Waals surface area contributed by atoms with Crippen LogP contribution in [-0.4, -0.2) is 18.3 Å². The zero-order valence-corrected chi connectivity index (χ0v) is 7.34. The topological polar surface area (TPSA) is 45.4 Å². The van der Waals surface area contributed by atoms with E-state index in [1.807, 2.05) is 13.0 Å². The van der Waals surface area contributed by atoms with E-state index in [-0.39, 0.29) is 6.61 Å². The number of nitrogens with one attached hydrogen (secondary N) is 1. The Bertz CT molecular complexity index is 220. The average molecular weight is 169 g/mol. The Kier molecular flexibility index (Phi) is 3.84. The van der Waals surface area contributed by atoms with E-state index in [0.717, 1.165) is 25.3 Å². The standard InChI is InChI=1S/C9H15NO2/c1-8-3-6-12-9(8)7-10-4-2-5-11/h3,6,10-11H,2,4-5,7H2,1H3. The molecule has 0 saturated carbocycles. The molecule has 3 heteroatoms. The normalized spacial score (nSPS) is 10.5. The molecule has 0 aliphatic rings. The maximum Gasteiger partial charge on any atom is 0.120 e. The van der Waals surface area contributed by atoms with Gasteiger partial charge >= 0.3 is 0 Å². The molecule has 0 fully saturated rings. The van der Waals surface area contributed by atoms with E-state index in [1.165, 1.54) is 5.56 Å². The first-order valence-electron chi connectivity index (χ1n) is 4.19. The number of aryl methyl sites for hydroxylation is 1. The smallest absolute Gasteiger partial charge is 0.120 e. The Morgan fingerprint density at radius 3 is 3.00 bits per heavy atom. The fourth-order valence-electron chi connectivity index (χ4n) is 0.991. The molecule has 0 amide bonds. The van der Waals surface area contributed by atoms with Crippen molar-refractivity contribution in [1.29, 1.82) is 0 Å². The van der Waals surface area contributed by atoms with Gasteiger partial charge in [0.25, 0.3) is 0 Å². The zero-order chi connectivity index (χ0) is 8.81. The third-order valence-corrected chi connectivity index (χ3v) is 1.77. The Labute approximate surface area is 72.4 Å². The van der Waals surface area contributed by atoms with Crippen LogP contribution in [0, 0.1) is 6.92 Å². The summed E-state index contributed by atoms with van der Waals surface area (Å²) in [5.74, 6) is 0.980. The third-order valence-electron chi connectivity index (χ3n) is 1.77. The Hall–Kier alpha value is -0.800. The molecule has 1 rings (SSSR count). The van der Waals surface area contributed by atoms with Crippen molar-refractivity contribution in [2.45, 2.75) is 19.9 Å². The van der Waals surface area contributed by atoms with E-state index in [4.69, 9.17) is 9.52 Å². The number of hydrogen-bond acceptors (Lipinski definition) is 3. The molecule has 68 valence electrons. The largest absolute Gasteiger partial charge is 0.468 e. The van der Waals surface area contributed by atoms with Gasteiger partial charge in [0.2, 0.25) is 0 Å². The monoisotopic (exact) mass is 169 g/mol. The number of rotatable bonds is 5. The van der Waals surface area contributed by atoms with Crippen LogP contribution < -0.4 is 5.32 Å². The summed E-state index contributed by atoms with van der Waals surface area (Å²) in [6.45, 7) is 3.84. The van der Waals surface area contributed by atoms with Crippen molar-refractivity contribution in [3.05, 3.63) is 23.7 Å². The number of furan rings is 1. The quantitative estimate of drug-likeness (QED) is 0.648. The van der Waals surface area contributed by atoms with Crippen LogP contribution in [-0.2, 0) is 6.54 Å². The molecule has 0 aromatic carbocycles. The van der Waals surface area contributed by atoms with E-state index in [0.29, 0.717) is 0 Å². The molecule has 12 heavy (non-hydrogen) atoms. The predicted molar refractivity (Wildman–Crippen MR) is 46.9 cm³/mol. The lowest BCUT2D eigenvalue weighted by molar-refractivity contribution is 0.285. The molecular formula is C9H15NO2. The SMILES string of the molecule is Cc1ccoc1CNCCCO. The summed E-state index contributed by atoms with van der Waals surface area (Å²) in [5, 5.41) is 11.7. The molecule has 1 heterocycles. The van der Waals surface area contributed by atoms with E-state index in [9.17, 15) is 0 Å². The molecule has 1 aromatic heterocycles. The number of hydrogen-bond donors (Lipinski definition) is 2. The van der Waals surface area contributed by atoms with Gasteiger partial charge in [0, 0.05) is 6.61 Å². The van der Waals surface area contributed by atoms with Crippen molar-refractivity contribution in [1.82, 2.24) is 5.32 Å². The van der Waals surface area contributed by atoms with Gasteiger partial charge in [-0.1, -0.05) is 0 Å². The summed E-state index contributed by atoms with van der Waals surface area (Å²) >= 11 is 0. The van der Waals surface area contributed by atoms with E-state index in [1.54, 1.807) is 6.26 Å². The van der Waals surface area contributed by atoms with Crippen LogP contribution >= 0.6 is 0 Å². The second-order valence-corrected chi connectivity index (χ2v) is 2.78. The van der Waals surface area contributed by atoms with Gasteiger partial charge in [0.15, 0.2) is 0 Å². The minimum atomic E-state index is 0.240. The second kappa shape index (κ2) is 4.95. The van der Waals surface area contributed by atoms with Gasteiger partial charge < -0.3 is 14.8 Å². The summed E-state index contributed by atoms with van der Waals surface area (Å²) in [6, 6.07) is 1.95. The van der Waals surface area contributed by atoms with Gasteiger partial charge in [-0.05, 0) is 31.5 Å². The summed E-state index contributed by atoms with van der Waals surface area (Å²) in [7, 11) is 0. The van der Waals surface area contributed by atoms with Crippen molar-refractivity contribution >= 4 is 0 Å². The van der Waals surface area contributed by atoms with Gasteiger partial charge in [0.05, 0.1) is 12.8 Å². The molecule has 0 saturated heterocycles. The van der Waals surface area contributed by atoms with Crippen LogP contribution in [0.4, 0.5) is 0 Å². The van der Waals surface area contributed by atoms with Crippen molar-refractivity contribution in [3.63, 3.8) is 0 Å². The van der Waals surface area contributed by atoms with Crippen molar-refractivity contribution in [2.24, 2.45) is 0 Å². The Morgan fingerprint density at radius 1 is 1.58 bits per heavy atom. The first-order valence-corrected chi connectivity index (χ1v) is 4.19. The van der Waals surface area contributed by atoms with Crippen LogP contribution in [0.15, 0.2) is 16.7 Å². The lowest BCUT2D eigenvalue weighted by atomic mass is 10.3. The Balaban J connectivity index is 2.20. The molecule has 0 aliphatic heterocycles. The highest BCUT2D eigenvalue weighted by Crippen LogP contribution is 2.07. The first-order chi connectivity index (χ1) is 5.84. The molecule has 3 nitrogen and oxygen atoms in total. The maximum atomic E-state index is 8.51. The van der Waals surface area contributed by atoms with Crippen molar-refractivity contribution in [2.75, 3.05) is 13.2 Å². The highest BCUT2D eigenvalue weighted by molar-refractivity contribution is 5.13. The fraction of sp³-hybridized carbons (Fsp3) is 0.556. The minimum absolute atomic E-state index is 0.240. The predicted octanol–water partition coefficient (Wildman–Crippen LogP) is 1.06.